The summed E-state index contributed by atoms with van der Waals surface area (Å²) in [5.74, 6) is 0.395. The lowest BCUT2D eigenvalue weighted by Crippen LogP contribution is -2.62. The number of hydrogen-bond acceptors (Lipinski definition) is 5. The standard InChI is InChI=1S/C17H22N6O2/c1-11(24)22-7-6-21(2)14(10-22)17(25)23-8-12(9-23)15-13-4-3-5-18-16(13)20-19-15/h3-5,12,14H,6-10H2,1-2H3,(H,18,19,20)/t14-/m0/s1. The molecule has 132 valence electrons. The van der Waals surface area contributed by atoms with Gasteiger partial charge in [-0.3, -0.25) is 19.6 Å². The third-order valence-corrected chi connectivity index (χ3v) is 5.34. The monoisotopic (exact) mass is 342 g/mol. The summed E-state index contributed by atoms with van der Waals surface area (Å²) in [6, 6.07) is 3.65. The third kappa shape index (κ3) is 2.76. The van der Waals surface area contributed by atoms with Gasteiger partial charge in [-0.25, -0.2) is 4.98 Å². The first-order valence-electron chi connectivity index (χ1n) is 8.58. The van der Waals surface area contributed by atoms with Crippen molar-refractivity contribution < 1.29 is 9.59 Å². The van der Waals surface area contributed by atoms with E-state index in [0.29, 0.717) is 31.8 Å². The zero-order valence-electron chi connectivity index (χ0n) is 14.5. The Morgan fingerprint density at radius 1 is 1.20 bits per heavy atom. The van der Waals surface area contributed by atoms with E-state index in [9.17, 15) is 9.59 Å². The lowest BCUT2D eigenvalue weighted by molar-refractivity contribution is -0.145. The number of pyridine rings is 1. The normalized spacial score (nSPS) is 22.2. The number of hydrogen-bond donors (Lipinski definition) is 1. The molecule has 0 aromatic carbocycles. The van der Waals surface area contributed by atoms with Crippen LogP contribution in [0, 0.1) is 0 Å². The summed E-state index contributed by atoms with van der Waals surface area (Å²) >= 11 is 0. The van der Waals surface area contributed by atoms with Crippen LogP contribution in [-0.2, 0) is 9.59 Å². The second kappa shape index (κ2) is 6.11. The lowest BCUT2D eigenvalue weighted by atomic mass is 9.93. The second-order valence-corrected chi connectivity index (χ2v) is 6.91. The van der Waals surface area contributed by atoms with Gasteiger partial charge in [0, 0.05) is 57.1 Å². The molecule has 0 saturated carbocycles. The first kappa shape index (κ1) is 16.0. The van der Waals surface area contributed by atoms with Crippen molar-refractivity contribution >= 4 is 22.8 Å². The van der Waals surface area contributed by atoms with Crippen molar-refractivity contribution in [1.82, 2.24) is 29.9 Å². The van der Waals surface area contributed by atoms with Gasteiger partial charge in [-0.1, -0.05) is 0 Å². The molecule has 25 heavy (non-hydrogen) atoms. The summed E-state index contributed by atoms with van der Waals surface area (Å²) in [6.45, 7) is 4.80. The van der Waals surface area contributed by atoms with Crippen molar-refractivity contribution in [3.05, 3.63) is 24.0 Å². The fourth-order valence-corrected chi connectivity index (χ4v) is 3.66. The van der Waals surface area contributed by atoms with Crippen molar-refractivity contribution in [1.29, 1.82) is 0 Å². The smallest absolute Gasteiger partial charge is 0.241 e. The molecule has 0 bridgehead atoms. The second-order valence-electron chi connectivity index (χ2n) is 6.91. The highest BCUT2D eigenvalue weighted by molar-refractivity contribution is 5.85. The van der Waals surface area contributed by atoms with Crippen molar-refractivity contribution in [3.63, 3.8) is 0 Å². The summed E-state index contributed by atoms with van der Waals surface area (Å²) in [5.41, 5.74) is 1.76. The number of rotatable bonds is 2. The average molecular weight is 342 g/mol. The number of aromatic amines is 1. The molecule has 2 fully saturated rings. The van der Waals surface area contributed by atoms with Gasteiger partial charge in [0.1, 0.15) is 6.04 Å². The highest BCUT2D eigenvalue weighted by Gasteiger charge is 2.40. The lowest BCUT2D eigenvalue weighted by Gasteiger charge is -2.45. The molecule has 1 atom stereocenters. The minimum Gasteiger partial charge on any atom is -0.340 e. The van der Waals surface area contributed by atoms with E-state index in [1.54, 1.807) is 18.0 Å². The topological polar surface area (TPSA) is 85.4 Å². The SMILES string of the molecule is CC(=O)N1CCN(C)[C@H](C(=O)N2CC(c3[nH]nc4ncccc34)C2)C1. The molecule has 0 spiro atoms. The van der Waals surface area contributed by atoms with Crippen LogP contribution < -0.4 is 0 Å². The van der Waals surface area contributed by atoms with Crippen molar-refractivity contribution in [2.24, 2.45) is 0 Å². The Balaban J connectivity index is 1.43. The maximum Gasteiger partial charge on any atom is 0.241 e. The molecule has 2 aliphatic rings. The number of likely N-dealkylation sites (N-methyl/N-ethyl adjacent to an activating group) is 1. The summed E-state index contributed by atoms with van der Waals surface area (Å²) in [6.07, 6.45) is 1.73. The molecular weight excluding hydrogens is 320 g/mol. The first-order chi connectivity index (χ1) is 12.0. The number of nitrogens with one attached hydrogen (secondary N) is 1. The van der Waals surface area contributed by atoms with Crippen LogP contribution in [0.4, 0.5) is 0 Å². The van der Waals surface area contributed by atoms with Gasteiger partial charge in [0.2, 0.25) is 11.8 Å². The average Bonchev–Trinajstić information content (AvgIpc) is 2.97. The molecule has 2 saturated heterocycles. The van der Waals surface area contributed by atoms with Crippen LogP contribution in [0.1, 0.15) is 18.5 Å². The zero-order chi connectivity index (χ0) is 17.6. The van der Waals surface area contributed by atoms with Crippen LogP contribution in [-0.4, -0.2) is 87.5 Å². The van der Waals surface area contributed by atoms with Gasteiger partial charge < -0.3 is 9.80 Å². The molecule has 4 heterocycles. The molecule has 8 heteroatoms. The molecule has 2 amide bonds. The largest absolute Gasteiger partial charge is 0.340 e. The Labute approximate surface area is 145 Å². The van der Waals surface area contributed by atoms with Crippen LogP contribution in [0.15, 0.2) is 18.3 Å². The van der Waals surface area contributed by atoms with Gasteiger partial charge >= 0.3 is 0 Å². The van der Waals surface area contributed by atoms with Crippen molar-refractivity contribution in [2.75, 3.05) is 39.8 Å². The van der Waals surface area contributed by atoms with Gasteiger partial charge in [0.25, 0.3) is 0 Å². The number of carbonyl (C=O) groups excluding carboxylic acids is 2. The number of aromatic nitrogens is 3. The number of amides is 2. The van der Waals surface area contributed by atoms with Crippen molar-refractivity contribution in [2.45, 2.75) is 18.9 Å². The molecule has 8 nitrogen and oxygen atoms in total. The molecule has 2 aliphatic heterocycles. The van der Waals surface area contributed by atoms with E-state index in [-0.39, 0.29) is 23.8 Å². The number of nitrogens with zero attached hydrogens (tertiary/aromatic N) is 5. The minimum atomic E-state index is -0.251. The van der Waals surface area contributed by atoms with E-state index >= 15 is 0 Å². The van der Waals surface area contributed by atoms with Crippen LogP contribution in [0.3, 0.4) is 0 Å². The predicted octanol–water partition coefficient (Wildman–Crippen LogP) is 0.0462. The Morgan fingerprint density at radius 3 is 2.76 bits per heavy atom. The quantitative estimate of drug-likeness (QED) is 0.833. The first-order valence-corrected chi connectivity index (χ1v) is 8.58. The number of likely N-dealkylation sites (tertiary alicyclic amines) is 1. The molecule has 0 radical (unpaired) electrons. The molecule has 0 unspecified atom stereocenters. The van der Waals surface area contributed by atoms with Gasteiger partial charge in [0.15, 0.2) is 5.65 Å². The molecule has 4 rings (SSSR count). The maximum absolute atomic E-state index is 12.8. The zero-order valence-corrected chi connectivity index (χ0v) is 14.5. The molecule has 2 aromatic heterocycles. The highest BCUT2D eigenvalue weighted by atomic mass is 16.2. The van der Waals surface area contributed by atoms with Gasteiger partial charge in [-0.05, 0) is 19.2 Å². The van der Waals surface area contributed by atoms with Crippen LogP contribution in [0.2, 0.25) is 0 Å². The maximum atomic E-state index is 12.8. The summed E-state index contributed by atoms with van der Waals surface area (Å²) in [5, 5.41) is 8.33. The number of fused-ring (bicyclic) bond motifs is 1. The van der Waals surface area contributed by atoms with E-state index < -0.39 is 0 Å². The fourth-order valence-electron chi connectivity index (χ4n) is 3.66. The van der Waals surface area contributed by atoms with E-state index in [4.69, 9.17) is 0 Å². The highest BCUT2D eigenvalue weighted by Crippen LogP contribution is 2.31. The third-order valence-electron chi connectivity index (χ3n) is 5.34. The Morgan fingerprint density at radius 2 is 2.00 bits per heavy atom. The van der Waals surface area contributed by atoms with Gasteiger partial charge in [-0.2, -0.15) is 5.10 Å². The predicted molar refractivity (Wildman–Crippen MR) is 91.9 cm³/mol. The van der Waals surface area contributed by atoms with Crippen LogP contribution >= 0.6 is 0 Å². The van der Waals surface area contributed by atoms with E-state index in [2.05, 4.69) is 15.2 Å². The fraction of sp³-hybridized carbons (Fsp3) is 0.529. The summed E-state index contributed by atoms with van der Waals surface area (Å²) in [4.78, 5) is 34.4. The number of carbonyl (C=O) groups is 2. The number of piperazine rings is 1. The van der Waals surface area contributed by atoms with Crippen LogP contribution in [0.25, 0.3) is 11.0 Å². The van der Waals surface area contributed by atoms with Gasteiger partial charge in [0.05, 0.1) is 5.69 Å². The van der Waals surface area contributed by atoms with Gasteiger partial charge in [-0.15, -0.1) is 0 Å². The van der Waals surface area contributed by atoms with Crippen LogP contribution in [0.5, 0.6) is 0 Å². The minimum absolute atomic E-state index is 0.0313. The Bertz CT molecular complexity index is 812. The van der Waals surface area contributed by atoms with E-state index in [0.717, 1.165) is 17.6 Å². The molecule has 0 aliphatic carbocycles. The summed E-state index contributed by atoms with van der Waals surface area (Å²) in [7, 11) is 1.95. The molecule has 1 N–H and O–H groups in total. The molecular formula is C17H22N6O2. The molecule has 2 aromatic rings. The van der Waals surface area contributed by atoms with Crippen molar-refractivity contribution in [3.8, 4) is 0 Å². The Kier molecular flexibility index (Phi) is 3.91. The summed E-state index contributed by atoms with van der Waals surface area (Å²) < 4.78 is 0. The Hall–Kier alpha value is -2.48. The van der Waals surface area contributed by atoms with E-state index in [1.807, 2.05) is 29.0 Å². The van der Waals surface area contributed by atoms with E-state index in [1.165, 1.54) is 0 Å². The number of H-pyrrole nitrogens is 1.